The molecule has 0 aromatic heterocycles. The fourth-order valence-corrected chi connectivity index (χ4v) is 1.84. The molecule has 2 N–H and O–H groups in total. The van der Waals surface area contributed by atoms with Gasteiger partial charge in [0.05, 0.1) is 9.50 Å². The van der Waals surface area contributed by atoms with Crippen molar-refractivity contribution in [1.82, 2.24) is 0 Å². The van der Waals surface area contributed by atoms with Crippen LogP contribution in [0.5, 0.6) is 0 Å². The first kappa shape index (κ1) is 11.0. The standard InChI is InChI=1S/C9H10BrClFN/c1-5(4-13)6-2-3-7(10)9(12)8(6)11/h2-3,5H,4,13H2,1H3. The molecule has 4 heteroatoms. The monoisotopic (exact) mass is 265 g/mol. The third-order valence-electron chi connectivity index (χ3n) is 1.95. The molecule has 1 nitrogen and oxygen atoms in total. The summed E-state index contributed by atoms with van der Waals surface area (Å²) in [6, 6.07) is 3.43. The molecular weight excluding hydrogens is 256 g/mol. The summed E-state index contributed by atoms with van der Waals surface area (Å²) < 4.78 is 13.6. The van der Waals surface area contributed by atoms with Gasteiger partial charge in [-0.25, -0.2) is 4.39 Å². The molecule has 0 saturated heterocycles. The summed E-state index contributed by atoms with van der Waals surface area (Å²) in [5, 5.41) is 0.160. The zero-order valence-corrected chi connectivity index (χ0v) is 9.49. The van der Waals surface area contributed by atoms with Crippen molar-refractivity contribution in [2.24, 2.45) is 5.73 Å². The van der Waals surface area contributed by atoms with Crippen LogP contribution in [0, 0.1) is 5.82 Å². The Morgan fingerprint density at radius 2 is 2.23 bits per heavy atom. The molecule has 1 aromatic rings. The Morgan fingerprint density at radius 3 is 2.77 bits per heavy atom. The molecule has 1 rings (SSSR count). The molecule has 1 unspecified atom stereocenters. The van der Waals surface area contributed by atoms with Gasteiger partial charge >= 0.3 is 0 Å². The van der Waals surface area contributed by atoms with Crippen LogP contribution in [0.3, 0.4) is 0 Å². The van der Waals surface area contributed by atoms with Gasteiger partial charge in [0, 0.05) is 0 Å². The van der Waals surface area contributed by atoms with Gasteiger partial charge in [0.2, 0.25) is 0 Å². The average molecular weight is 267 g/mol. The molecular formula is C9H10BrClFN. The predicted molar refractivity (Wildman–Crippen MR) is 56.6 cm³/mol. The van der Waals surface area contributed by atoms with Crippen molar-refractivity contribution in [2.45, 2.75) is 12.8 Å². The minimum atomic E-state index is -0.417. The molecule has 0 aliphatic carbocycles. The van der Waals surface area contributed by atoms with E-state index in [9.17, 15) is 4.39 Å². The van der Waals surface area contributed by atoms with Crippen molar-refractivity contribution in [3.63, 3.8) is 0 Å². The number of hydrogen-bond donors (Lipinski definition) is 1. The number of rotatable bonds is 2. The van der Waals surface area contributed by atoms with Crippen LogP contribution < -0.4 is 5.73 Å². The second-order valence-corrected chi connectivity index (χ2v) is 4.13. The molecule has 0 spiro atoms. The number of halogens is 3. The number of hydrogen-bond acceptors (Lipinski definition) is 1. The second kappa shape index (κ2) is 4.40. The molecule has 0 amide bonds. The van der Waals surface area contributed by atoms with E-state index in [1.165, 1.54) is 0 Å². The second-order valence-electron chi connectivity index (χ2n) is 2.90. The topological polar surface area (TPSA) is 26.0 Å². The molecule has 0 aliphatic heterocycles. The summed E-state index contributed by atoms with van der Waals surface area (Å²) in [4.78, 5) is 0. The molecule has 0 aliphatic rings. The van der Waals surface area contributed by atoms with Crippen LogP contribution in [-0.4, -0.2) is 6.54 Å². The van der Waals surface area contributed by atoms with Crippen molar-refractivity contribution < 1.29 is 4.39 Å². The normalized spacial score (nSPS) is 13.0. The summed E-state index contributed by atoms with van der Waals surface area (Å²) in [5.74, 6) is -0.338. The zero-order chi connectivity index (χ0) is 10.0. The van der Waals surface area contributed by atoms with Crippen molar-refractivity contribution in [3.8, 4) is 0 Å². The molecule has 0 radical (unpaired) electrons. The van der Waals surface area contributed by atoms with Gasteiger partial charge in [0.1, 0.15) is 0 Å². The van der Waals surface area contributed by atoms with E-state index in [1.807, 2.05) is 6.92 Å². The van der Waals surface area contributed by atoms with Crippen molar-refractivity contribution in [2.75, 3.05) is 6.54 Å². The summed E-state index contributed by atoms with van der Waals surface area (Å²) in [7, 11) is 0. The molecule has 0 saturated carbocycles. The molecule has 0 fully saturated rings. The molecule has 0 bridgehead atoms. The van der Waals surface area contributed by atoms with E-state index in [2.05, 4.69) is 15.9 Å². The summed E-state index contributed by atoms with van der Waals surface area (Å²) in [6.07, 6.45) is 0. The van der Waals surface area contributed by atoms with Crippen LogP contribution in [0.4, 0.5) is 4.39 Å². The van der Waals surface area contributed by atoms with Gasteiger partial charge in [0.25, 0.3) is 0 Å². The maximum absolute atomic E-state index is 13.3. The first-order valence-corrected chi connectivity index (χ1v) is 5.08. The van der Waals surface area contributed by atoms with Crippen LogP contribution in [-0.2, 0) is 0 Å². The molecule has 13 heavy (non-hydrogen) atoms. The Labute approximate surface area is 90.2 Å². The number of nitrogens with two attached hydrogens (primary N) is 1. The summed E-state index contributed by atoms with van der Waals surface area (Å²) >= 11 is 8.87. The third kappa shape index (κ3) is 2.22. The molecule has 1 atom stereocenters. The highest BCUT2D eigenvalue weighted by atomic mass is 79.9. The highest BCUT2D eigenvalue weighted by Gasteiger charge is 2.13. The van der Waals surface area contributed by atoms with Crippen LogP contribution in [0.25, 0.3) is 0 Å². The van der Waals surface area contributed by atoms with Gasteiger partial charge in [-0.05, 0) is 40.0 Å². The Bertz CT molecular complexity index is 317. The predicted octanol–water partition coefficient (Wildman–Crippen LogP) is 3.30. The average Bonchev–Trinajstić information content (AvgIpc) is 2.13. The third-order valence-corrected chi connectivity index (χ3v) is 2.95. The van der Waals surface area contributed by atoms with Gasteiger partial charge in [-0.2, -0.15) is 0 Å². The lowest BCUT2D eigenvalue weighted by Gasteiger charge is -2.11. The Kier molecular flexibility index (Phi) is 3.71. The van der Waals surface area contributed by atoms with E-state index in [0.29, 0.717) is 11.0 Å². The summed E-state index contributed by atoms with van der Waals surface area (Å²) in [5.41, 5.74) is 6.22. The van der Waals surface area contributed by atoms with Crippen molar-refractivity contribution in [1.29, 1.82) is 0 Å². The van der Waals surface area contributed by atoms with Gasteiger partial charge in [-0.3, -0.25) is 0 Å². The van der Waals surface area contributed by atoms with E-state index in [1.54, 1.807) is 12.1 Å². The fourth-order valence-electron chi connectivity index (χ4n) is 1.05. The smallest absolute Gasteiger partial charge is 0.156 e. The van der Waals surface area contributed by atoms with Crippen LogP contribution in [0.15, 0.2) is 16.6 Å². The lowest BCUT2D eigenvalue weighted by molar-refractivity contribution is 0.615. The van der Waals surface area contributed by atoms with Crippen LogP contribution >= 0.6 is 27.5 Å². The zero-order valence-electron chi connectivity index (χ0n) is 7.15. The van der Waals surface area contributed by atoms with Gasteiger partial charge in [-0.15, -0.1) is 0 Å². The van der Waals surface area contributed by atoms with Crippen LogP contribution in [0.1, 0.15) is 18.4 Å². The van der Waals surface area contributed by atoms with Crippen LogP contribution in [0.2, 0.25) is 5.02 Å². The molecule has 0 heterocycles. The molecule has 72 valence electrons. The van der Waals surface area contributed by atoms with E-state index in [-0.39, 0.29) is 10.9 Å². The van der Waals surface area contributed by atoms with E-state index < -0.39 is 5.82 Å². The highest BCUT2D eigenvalue weighted by molar-refractivity contribution is 9.10. The minimum absolute atomic E-state index is 0.0788. The Morgan fingerprint density at radius 1 is 1.62 bits per heavy atom. The lowest BCUT2D eigenvalue weighted by Crippen LogP contribution is -2.09. The maximum atomic E-state index is 13.3. The maximum Gasteiger partial charge on any atom is 0.156 e. The van der Waals surface area contributed by atoms with E-state index >= 15 is 0 Å². The lowest BCUT2D eigenvalue weighted by atomic mass is 10.0. The van der Waals surface area contributed by atoms with Crippen molar-refractivity contribution >= 4 is 27.5 Å². The van der Waals surface area contributed by atoms with E-state index in [4.69, 9.17) is 17.3 Å². The first-order chi connectivity index (χ1) is 6.07. The molecule has 1 aromatic carbocycles. The quantitative estimate of drug-likeness (QED) is 0.817. The first-order valence-electron chi connectivity index (χ1n) is 3.91. The van der Waals surface area contributed by atoms with E-state index in [0.717, 1.165) is 5.56 Å². The number of benzene rings is 1. The fraction of sp³-hybridized carbons (Fsp3) is 0.333. The van der Waals surface area contributed by atoms with Gasteiger partial charge in [-0.1, -0.05) is 24.6 Å². The SMILES string of the molecule is CC(CN)c1ccc(Br)c(F)c1Cl. The Hall–Kier alpha value is -0.120. The Balaban J connectivity index is 3.18. The van der Waals surface area contributed by atoms with Gasteiger partial charge < -0.3 is 5.73 Å². The minimum Gasteiger partial charge on any atom is -0.330 e. The summed E-state index contributed by atoms with van der Waals surface area (Å²) in [6.45, 7) is 2.37. The van der Waals surface area contributed by atoms with Crippen molar-refractivity contribution in [3.05, 3.63) is 33.0 Å². The largest absolute Gasteiger partial charge is 0.330 e. The van der Waals surface area contributed by atoms with Gasteiger partial charge in [0.15, 0.2) is 5.82 Å². The highest BCUT2D eigenvalue weighted by Crippen LogP contribution is 2.30.